The molecule has 1 aliphatic rings. The molecule has 5 rings (SSSR count). The van der Waals surface area contributed by atoms with Gasteiger partial charge in [0.25, 0.3) is 11.4 Å². The zero-order valence-electron chi connectivity index (χ0n) is 21.4. The monoisotopic (exact) mass is 539 g/mol. The van der Waals surface area contributed by atoms with Gasteiger partial charge in [-0.2, -0.15) is 0 Å². The van der Waals surface area contributed by atoms with Gasteiger partial charge in [-0.05, 0) is 31.7 Å². The Balaban J connectivity index is 1.58. The number of pyridine rings is 2. The van der Waals surface area contributed by atoms with Crippen molar-refractivity contribution in [1.82, 2.24) is 24.6 Å². The molecule has 39 heavy (non-hydrogen) atoms. The Morgan fingerprint density at radius 2 is 2.05 bits per heavy atom. The number of aliphatic hydroxyl groups is 1. The van der Waals surface area contributed by atoms with Crippen LogP contribution in [0.5, 0.6) is 11.5 Å². The Morgan fingerprint density at radius 1 is 1.31 bits per heavy atom. The number of esters is 1. The lowest BCUT2D eigenvalue weighted by Gasteiger charge is -2.32. The van der Waals surface area contributed by atoms with E-state index in [0.29, 0.717) is 17.9 Å². The van der Waals surface area contributed by atoms with Crippen molar-refractivity contribution in [3.63, 3.8) is 0 Å². The van der Waals surface area contributed by atoms with E-state index in [1.807, 2.05) is 0 Å². The van der Waals surface area contributed by atoms with Crippen molar-refractivity contribution in [2.45, 2.75) is 39.1 Å². The molecule has 4 heterocycles. The van der Waals surface area contributed by atoms with E-state index < -0.39 is 35.2 Å². The number of rotatable bonds is 8. The summed E-state index contributed by atoms with van der Waals surface area (Å²) in [6.45, 7) is 3.30. The number of aromatic nitrogens is 4. The first-order valence-electron chi connectivity index (χ1n) is 12.2. The SMILES string of the molecule is CCOC(=O)c1c(O)c2ncc(Cc3ccc(F)cc3)c3c2n(c1=O)C[C@@H](CN(C)C(O)c1nnc(C)o1)O3. The van der Waals surface area contributed by atoms with E-state index in [9.17, 15) is 24.2 Å². The van der Waals surface area contributed by atoms with E-state index in [2.05, 4.69) is 15.2 Å². The molecule has 13 heteroatoms. The lowest BCUT2D eigenvalue weighted by Crippen LogP contribution is -2.43. The van der Waals surface area contributed by atoms with E-state index in [4.69, 9.17) is 13.9 Å². The van der Waals surface area contributed by atoms with Crippen LogP contribution < -0.4 is 10.3 Å². The van der Waals surface area contributed by atoms with Gasteiger partial charge >= 0.3 is 5.97 Å². The van der Waals surface area contributed by atoms with Crippen LogP contribution in [0.2, 0.25) is 0 Å². The number of hydrogen-bond acceptors (Lipinski definition) is 11. The number of ether oxygens (including phenoxy) is 2. The maximum atomic E-state index is 13.5. The first-order valence-corrected chi connectivity index (χ1v) is 12.2. The summed E-state index contributed by atoms with van der Waals surface area (Å²) in [5.41, 5.74) is 0.279. The highest BCUT2D eigenvalue weighted by Crippen LogP contribution is 2.38. The molecule has 4 aromatic rings. The summed E-state index contributed by atoms with van der Waals surface area (Å²) in [7, 11) is 1.62. The maximum Gasteiger partial charge on any atom is 0.347 e. The van der Waals surface area contributed by atoms with Crippen LogP contribution in [0.4, 0.5) is 4.39 Å². The number of aryl methyl sites for hydroxylation is 1. The van der Waals surface area contributed by atoms with Crippen LogP contribution in [-0.4, -0.2) is 67.1 Å². The van der Waals surface area contributed by atoms with Crippen LogP contribution in [0.1, 0.15) is 46.4 Å². The van der Waals surface area contributed by atoms with Crippen LogP contribution >= 0.6 is 0 Å². The normalized spacial score (nSPS) is 15.4. The van der Waals surface area contributed by atoms with Gasteiger partial charge in [0, 0.05) is 31.6 Å². The van der Waals surface area contributed by atoms with Gasteiger partial charge < -0.3 is 24.1 Å². The Labute approximate surface area is 221 Å². The Hall–Kier alpha value is -4.36. The summed E-state index contributed by atoms with van der Waals surface area (Å²) in [4.78, 5) is 32.0. The van der Waals surface area contributed by atoms with Gasteiger partial charge in [0.1, 0.15) is 23.0 Å². The van der Waals surface area contributed by atoms with Crippen LogP contribution in [-0.2, 0) is 17.7 Å². The van der Waals surface area contributed by atoms with Crippen molar-refractivity contribution in [3.8, 4) is 11.5 Å². The van der Waals surface area contributed by atoms with Crippen LogP contribution in [0.15, 0.2) is 39.7 Å². The summed E-state index contributed by atoms with van der Waals surface area (Å²) in [6, 6.07) is 5.92. The second kappa shape index (κ2) is 10.4. The molecule has 12 nitrogen and oxygen atoms in total. The summed E-state index contributed by atoms with van der Waals surface area (Å²) in [5, 5.41) is 29.2. The quantitative estimate of drug-likeness (QED) is 0.250. The molecule has 0 saturated heterocycles. The van der Waals surface area contributed by atoms with Gasteiger partial charge in [-0.1, -0.05) is 12.1 Å². The van der Waals surface area contributed by atoms with Crippen molar-refractivity contribution < 1.29 is 33.3 Å². The maximum absolute atomic E-state index is 13.5. The Morgan fingerprint density at radius 3 is 2.72 bits per heavy atom. The molecular weight excluding hydrogens is 513 g/mol. The zero-order chi connectivity index (χ0) is 27.8. The largest absolute Gasteiger partial charge is 0.505 e. The molecule has 0 spiro atoms. The van der Waals surface area contributed by atoms with E-state index in [-0.39, 0.29) is 48.2 Å². The molecule has 0 saturated carbocycles. The predicted molar refractivity (Wildman–Crippen MR) is 134 cm³/mol. The first kappa shape index (κ1) is 26.3. The van der Waals surface area contributed by atoms with Crippen molar-refractivity contribution in [3.05, 3.63) is 75.1 Å². The van der Waals surface area contributed by atoms with Crippen molar-refractivity contribution >= 4 is 17.0 Å². The second-order valence-corrected chi connectivity index (χ2v) is 9.19. The summed E-state index contributed by atoms with van der Waals surface area (Å²) < 4.78 is 31.5. The highest BCUT2D eigenvalue weighted by Gasteiger charge is 2.33. The van der Waals surface area contributed by atoms with Gasteiger partial charge in [0.15, 0.2) is 23.3 Å². The van der Waals surface area contributed by atoms with Gasteiger partial charge in [0.05, 0.1) is 13.2 Å². The third-order valence-corrected chi connectivity index (χ3v) is 6.40. The number of aromatic hydroxyl groups is 1. The smallest absolute Gasteiger partial charge is 0.347 e. The molecule has 2 N–H and O–H groups in total. The van der Waals surface area contributed by atoms with E-state index in [0.717, 1.165) is 5.56 Å². The molecule has 204 valence electrons. The molecule has 1 unspecified atom stereocenters. The summed E-state index contributed by atoms with van der Waals surface area (Å²) in [6.07, 6.45) is -0.151. The number of carbonyl (C=O) groups is 1. The fraction of sp³-hybridized carbons (Fsp3) is 0.346. The average Bonchev–Trinajstić information content (AvgIpc) is 3.35. The van der Waals surface area contributed by atoms with Crippen LogP contribution in [0, 0.1) is 12.7 Å². The molecule has 1 aromatic carbocycles. The highest BCUT2D eigenvalue weighted by molar-refractivity contribution is 6.00. The third-order valence-electron chi connectivity index (χ3n) is 6.40. The van der Waals surface area contributed by atoms with Crippen LogP contribution in [0.3, 0.4) is 0 Å². The standard InChI is InChI=1S/C26H26FN5O7/c1-4-37-26(36)18-21(33)19-20-22(15(10-28-19)9-14-5-7-16(27)8-6-14)39-17(12-32(20)24(18)34)11-31(3)25(35)23-30-29-13(2)38-23/h5-8,10,17,25,33,35H,4,9,11-12H2,1-3H3/t17-,25?/m1/s1. The topological polar surface area (TPSA) is 153 Å². The number of carbonyl (C=O) groups excluding carboxylic acids is 1. The van der Waals surface area contributed by atoms with E-state index in [1.54, 1.807) is 33.0 Å². The van der Waals surface area contributed by atoms with E-state index in [1.165, 1.54) is 27.8 Å². The highest BCUT2D eigenvalue weighted by atomic mass is 19.1. The Bertz CT molecular complexity index is 1600. The molecule has 1 aliphatic heterocycles. The third kappa shape index (κ3) is 4.93. The number of benzene rings is 1. The molecular formula is C26H26FN5O7. The first-order chi connectivity index (χ1) is 18.7. The molecule has 0 aliphatic carbocycles. The predicted octanol–water partition coefficient (Wildman–Crippen LogP) is 2.08. The summed E-state index contributed by atoms with van der Waals surface area (Å²) in [5.74, 6) is -1.37. The number of likely N-dealkylation sites (N-methyl/N-ethyl adjacent to an activating group) is 1. The van der Waals surface area contributed by atoms with E-state index >= 15 is 0 Å². The van der Waals surface area contributed by atoms with Gasteiger partial charge in [-0.25, -0.2) is 9.18 Å². The molecule has 0 radical (unpaired) electrons. The van der Waals surface area contributed by atoms with Gasteiger partial charge in [-0.15, -0.1) is 10.2 Å². The van der Waals surface area contributed by atoms with Crippen molar-refractivity contribution in [1.29, 1.82) is 0 Å². The fourth-order valence-electron chi connectivity index (χ4n) is 4.57. The molecule has 0 bridgehead atoms. The number of nitrogens with zero attached hydrogens (tertiary/aromatic N) is 5. The molecule has 0 fully saturated rings. The minimum atomic E-state index is -1.24. The second-order valence-electron chi connectivity index (χ2n) is 9.19. The van der Waals surface area contributed by atoms with Crippen molar-refractivity contribution in [2.24, 2.45) is 0 Å². The minimum Gasteiger partial charge on any atom is -0.505 e. The zero-order valence-corrected chi connectivity index (χ0v) is 21.4. The van der Waals surface area contributed by atoms with Crippen LogP contribution in [0.25, 0.3) is 11.0 Å². The minimum absolute atomic E-state index is 0.00111. The average molecular weight is 540 g/mol. The number of halogens is 1. The molecule has 2 atom stereocenters. The lowest BCUT2D eigenvalue weighted by molar-refractivity contribution is -0.0239. The molecule has 3 aromatic heterocycles. The van der Waals surface area contributed by atoms with Gasteiger partial charge in [0.2, 0.25) is 5.89 Å². The van der Waals surface area contributed by atoms with Crippen molar-refractivity contribution in [2.75, 3.05) is 20.2 Å². The fourth-order valence-corrected chi connectivity index (χ4v) is 4.57. The Kier molecular flexibility index (Phi) is 7.02. The number of hydrogen-bond donors (Lipinski definition) is 2. The summed E-state index contributed by atoms with van der Waals surface area (Å²) >= 11 is 0. The lowest BCUT2D eigenvalue weighted by atomic mass is 10.0. The molecule has 0 amide bonds. The van der Waals surface area contributed by atoms with Gasteiger partial charge in [-0.3, -0.25) is 19.2 Å². The number of aliphatic hydroxyl groups excluding tert-OH is 1.